The predicted octanol–water partition coefficient (Wildman–Crippen LogP) is 3.73. The third kappa shape index (κ3) is 7.38. The van der Waals surface area contributed by atoms with Gasteiger partial charge in [0.15, 0.2) is 0 Å². The number of hydrogen-bond acceptors (Lipinski definition) is 7. The summed E-state index contributed by atoms with van der Waals surface area (Å²) < 4.78 is 35.2. The normalized spacial score (nSPS) is 15.2. The molecule has 9 nitrogen and oxygen atoms in total. The van der Waals surface area contributed by atoms with Gasteiger partial charge in [-0.05, 0) is 63.4 Å². The number of carbonyl (C=O) groups is 2. The molecule has 0 radical (unpaired) electrons. The largest absolute Gasteiger partial charge is 0.474 e. The quantitative estimate of drug-likeness (QED) is 0.521. The van der Waals surface area contributed by atoms with E-state index < -0.39 is 17.6 Å². The molecule has 0 spiro atoms. The van der Waals surface area contributed by atoms with Gasteiger partial charge >= 0.3 is 6.09 Å². The second-order valence-electron chi connectivity index (χ2n) is 9.50. The van der Waals surface area contributed by atoms with E-state index in [1.165, 1.54) is 17.0 Å². The third-order valence-corrected chi connectivity index (χ3v) is 5.29. The first-order valence-electron chi connectivity index (χ1n) is 11.9. The molecule has 1 aliphatic heterocycles. The molecule has 1 atom stereocenters. The van der Waals surface area contributed by atoms with Crippen LogP contribution in [0, 0.1) is 5.82 Å². The molecule has 196 valence electrons. The van der Waals surface area contributed by atoms with Crippen LogP contribution in [0.5, 0.6) is 5.88 Å². The molecule has 1 N–H and O–H groups in total. The van der Waals surface area contributed by atoms with Crippen molar-refractivity contribution in [1.82, 2.24) is 10.3 Å². The minimum Gasteiger partial charge on any atom is -0.474 e. The first-order valence-corrected chi connectivity index (χ1v) is 11.9. The van der Waals surface area contributed by atoms with Crippen molar-refractivity contribution in [2.24, 2.45) is 0 Å². The van der Waals surface area contributed by atoms with Crippen LogP contribution < -0.4 is 15.0 Å². The van der Waals surface area contributed by atoms with Crippen LogP contribution in [0.15, 0.2) is 30.3 Å². The molecular formula is C26H34FN3O6. The number of rotatable bonds is 9. The van der Waals surface area contributed by atoms with Gasteiger partial charge in [-0.2, -0.15) is 0 Å². The lowest BCUT2D eigenvalue weighted by Gasteiger charge is -2.36. The van der Waals surface area contributed by atoms with E-state index in [0.29, 0.717) is 37.5 Å². The molecule has 36 heavy (non-hydrogen) atoms. The highest BCUT2D eigenvalue weighted by Gasteiger charge is 2.35. The summed E-state index contributed by atoms with van der Waals surface area (Å²) in [6.45, 7) is 8.90. The Bertz CT molecular complexity index is 1050. The fourth-order valence-electron chi connectivity index (χ4n) is 3.62. The van der Waals surface area contributed by atoms with Crippen molar-refractivity contribution in [2.45, 2.75) is 45.8 Å². The van der Waals surface area contributed by atoms with Crippen LogP contribution in [-0.2, 0) is 20.6 Å². The second-order valence-corrected chi connectivity index (χ2v) is 9.50. The number of carbonyl (C=O) groups excluding carboxylic acids is 2. The zero-order valence-corrected chi connectivity index (χ0v) is 21.4. The number of benzene rings is 1. The van der Waals surface area contributed by atoms with Crippen LogP contribution in [0.4, 0.5) is 14.9 Å². The summed E-state index contributed by atoms with van der Waals surface area (Å²) in [7, 11) is 1.59. The molecule has 0 aliphatic carbocycles. The molecule has 1 aromatic carbocycles. The monoisotopic (exact) mass is 503 g/mol. The number of pyridine rings is 1. The molecule has 2 amide bonds. The van der Waals surface area contributed by atoms with Crippen molar-refractivity contribution in [3.05, 3.63) is 53.0 Å². The summed E-state index contributed by atoms with van der Waals surface area (Å²) in [4.78, 5) is 32.1. The number of hydrogen-bond donors (Lipinski definition) is 1. The lowest BCUT2D eigenvalue weighted by atomic mass is 10.0. The molecule has 0 fully saturated rings. The average molecular weight is 504 g/mol. The van der Waals surface area contributed by atoms with Gasteiger partial charge in [0.2, 0.25) is 5.88 Å². The van der Waals surface area contributed by atoms with E-state index >= 15 is 0 Å². The van der Waals surface area contributed by atoms with Gasteiger partial charge in [0.25, 0.3) is 5.91 Å². The highest BCUT2D eigenvalue weighted by Crippen LogP contribution is 2.36. The Balaban J connectivity index is 1.92. The summed E-state index contributed by atoms with van der Waals surface area (Å²) in [5.74, 6) is -0.591. The van der Waals surface area contributed by atoms with Crippen LogP contribution in [-0.4, -0.2) is 68.7 Å². The van der Waals surface area contributed by atoms with Crippen LogP contribution in [0.1, 0.15) is 49.3 Å². The number of aromatic nitrogens is 1. The Kier molecular flexibility index (Phi) is 9.22. The fraction of sp³-hybridized carbons (Fsp3) is 0.500. The van der Waals surface area contributed by atoms with E-state index in [1.54, 1.807) is 46.1 Å². The van der Waals surface area contributed by atoms with Crippen molar-refractivity contribution in [3.8, 4) is 5.88 Å². The average Bonchev–Trinajstić information content (AvgIpc) is 2.81. The van der Waals surface area contributed by atoms with Gasteiger partial charge in [-0.1, -0.05) is 12.1 Å². The molecule has 0 saturated heterocycles. The van der Waals surface area contributed by atoms with E-state index in [0.717, 1.165) is 5.56 Å². The van der Waals surface area contributed by atoms with Gasteiger partial charge in [-0.25, -0.2) is 14.2 Å². The molecule has 1 aliphatic rings. The maximum Gasteiger partial charge on any atom is 0.415 e. The molecule has 10 heteroatoms. The van der Waals surface area contributed by atoms with Crippen LogP contribution in [0.25, 0.3) is 0 Å². The van der Waals surface area contributed by atoms with Crippen molar-refractivity contribution in [1.29, 1.82) is 0 Å². The van der Waals surface area contributed by atoms with E-state index in [9.17, 15) is 14.0 Å². The zero-order valence-electron chi connectivity index (χ0n) is 21.4. The lowest BCUT2D eigenvalue weighted by Crippen LogP contribution is -2.47. The number of ether oxygens (including phenoxy) is 4. The predicted molar refractivity (Wildman–Crippen MR) is 132 cm³/mol. The number of anilines is 1. The molecule has 3 rings (SSSR count). The molecule has 0 bridgehead atoms. The summed E-state index contributed by atoms with van der Waals surface area (Å²) >= 11 is 0. The number of nitrogens with one attached hydrogen (secondary N) is 1. The number of halogens is 1. The van der Waals surface area contributed by atoms with Gasteiger partial charge in [0, 0.05) is 13.7 Å². The van der Waals surface area contributed by atoms with E-state index in [2.05, 4.69) is 10.3 Å². The van der Waals surface area contributed by atoms with Gasteiger partial charge in [0.1, 0.15) is 29.4 Å². The van der Waals surface area contributed by atoms with Crippen molar-refractivity contribution < 1.29 is 32.9 Å². The topological polar surface area (TPSA) is 99.2 Å². The van der Waals surface area contributed by atoms with Crippen molar-refractivity contribution in [2.75, 3.05) is 45.0 Å². The maximum atomic E-state index is 13.5. The number of methoxy groups -OCH3 is 1. The summed E-state index contributed by atoms with van der Waals surface area (Å²) in [5, 5.41) is 2.80. The van der Waals surface area contributed by atoms with Crippen LogP contribution >= 0.6 is 0 Å². The molecule has 2 heterocycles. The van der Waals surface area contributed by atoms with Gasteiger partial charge < -0.3 is 24.3 Å². The summed E-state index contributed by atoms with van der Waals surface area (Å²) in [6.07, 6.45) is -0.232. The first kappa shape index (κ1) is 27.3. The molecule has 0 unspecified atom stereocenters. The van der Waals surface area contributed by atoms with Crippen LogP contribution in [0.2, 0.25) is 0 Å². The SMILES string of the molecule is COCCOCCNC(=O)c1nc2c(cc1Cc1ccc(F)cc1)N(C(=O)OC(C)(C)C)[C@@H](C)CO2. The number of amides is 2. The number of nitrogens with zero attached hydrogens (tertiary/aromatic N) is 2. The maximum absolute atomic E-state index is 13.5. The van der Waals surface area contributed by atoms with Crippen molar-refractivity contribution >= 4 is 17.7 Å². The Morgan fingerprint density at radius 3 is 2.58 bits per heavy atom. The summed E-state index contributed by atoms with van der Waals surface area (Å²) in [6, 6.07) is 7.41. The van der Waals surface area contributed by atoms with Crippen LogP contribution in [0.3, 0.4) is 0 Å². The van der Waals surface area contributed by atoms with Gasteiger partial charge in [-0.15, -0.1) is 0 Å². The highest BCUT2D eigenvalue weighted by atomic mass is 19.1. The fourth-order valence-corrected chi connectivity index (χ4v) is 3.62. The minimum absolute atomic E-state index is 0.161. The first-order chi connectivity index (χ1) is 17.1. The van der Waals surface area contributed by atoms with E-state index in [-0.39, 0.29) is 36.6 Å². The third-order valence-electron chi connectivity index (χ3n) is 5.29. The van der Waals surface area contributed by atoms with Crippen molar-refractivity contribution in [3.63, 3.8) is 0 Å². The van der Waals surface area contributed by atoms with E-state index in [4.69, 9.17) is 18.9 Å². The number of fused-ring (bicyclic) bond motifs is 1. The zero-order chi connectivity index (χ0) is 26.3. The second kappa shape index (κ2) is 12.1. The smallest absolute Gasteiger partial charge is 0.415 e. The summed E-state index contributed by atoms with van der Waals surface area (Å²) in [5.41, 5.74) is 1.23. The minimum atomic E-state index is -0.690. The Labute approximate surface area is 210 Å². The molecule has 2 aromatic rings. The Hall–Kier alpha value is -3.24. The Morgan fingerprint density at radius 1 is 1.19 bits per heavy atom. The lowest BCUT2D eigenvalue weighted by molar-refractivity contribution is 0.0546. The standard InChI is InChI=1S/C26H34FN3O6/c1-17-16-35-24-21(30(17)25(32)36-26(2,3)4)15-19(14-18-6-8-20(27)9-7-18)22(29-24)23(31)28-10-11-34-13-12-33-5/h6-9,15,17H,10-14,16H2,1-5H3,(H,28,31)/t17-/m0/s1. The van der Waals surface area contributed by atoms with Gasteiger partial charge in [-0.3, -0.25) is 9.69 Å². The molecular weight excluding hydrogens is 469 g/mol. The molecule has 0 saturated carbocycles. The van der Waals surface area contributed by atoms with E-state index in [1.807, 2.05) is 6.92 Å². The Morgan fingerprint density at radius 2 is 1.92 bits per heavy atom. The molecule has 1 aromatic heterocycles. The highest BCUT2D eigenvalue weighted by molar-refractivity contribution is 5.96. The van der Waals surface area contributed by atoms with Gasteiger partial charge in [0.05, 0.1) is 25.9 Å².